The van der Waals surface area contributed by atoms with Gasteiger partial charge in [0.2, 0.25) is 5.91 Å². The third kappa shape index (κ3) is 2.87. The lowest BCUT2D eigenvalue weighted by molar-refractivity contribution is -0.122. The second kappa shape index (κ2) is 6.51. The van der Waals surface area contributed by atoms with Gasteiger partial charge in [0, 0.05) is 24.4 Å². The van der Waals surface area contributed by atoms with Gasteiger partial charge in [0.15, 0.2) is 0 Å². The van der Waals surface area contributed by atoms with Gasteiger partial charge in [0.25, 0.3) is 0 Å². The number of hydrogen-bond acceptors (Lipinski definition) is 3. The molecule has 0 saturated carbocycles. The Kier molecular flexibility index (Phi) is 4.37. The molecule has 3 aliphatic heterocycles. The molecular weight excluding hydrogens is 347 g/mol. The monoisotopic (exact) mass is 364 g/mol. The fraction of sp³-hybridized carbons (Fsp3) is 0.444. The fourth-order valence-electron chi connectivity index (χ4n) is 4.06. The first-order chi connectivity index (χ1) is 11.6. The standard InChI is InChI=1S/C18H18Cl2N2O2/c19-12-2-1-11(9-13(12)20)22-18(23)17-15-4-3-14(24-15)16(17)10-5-7-21-8-6-10/h1-2,5,7,9,14-17H,3-4,6,8H2,(H,22,23)/t14-,15+,16-,17-/m0/s1. The second-order valence-electron chi connectivity index (χ2n) is 6.51. The van der Waals surface area contributed by atoms with Crippen LogP contribution >= 0.6 is 23.2 Å². The molecule has 2 bridgehead atoms. The first-order valence-corrected chi connectivity index (χ1v) is 8.99. The lowest BCUT2D eigenvalue weighted by Crippen LogP contribution is -2.38. The highest BCUT2D eigenvalue weighted by molar-refractivity contribution is 6.42. The summed E-state index contributed by atoms with van der Waals surface area (Å²) in [4.78, 5) is 17.2. The summed E-state index contributed by atoms with van der Waals surface area (Å²) in [6, 6.07) is 5.13. The summed E-state index contributed by atoms with van der Waals surface area (Å²) in [5.74, 6) is -0.0109. The molecule has 4 rings (SSSR count). The normalized spacial score (nSPS) is 31.2. The summed E-state index contributed by atoms with van der Waals surface area (Å²) < 4.78 is 6.06. The van der Waals surface area contributed by atoms with Crippen LogP contribution in [-0.4, -0.2) is 30.9 Å². The molecule has 1 aromatic carbocycles. The Hall–Kier alpha value is -1.36. The number of fused-ring (bicyclic) bond motifs is 2. The van der Waals surface area contributed by atoms with Gasteiger partial charge in [-0.3, -0.25) is 9.79 Å². The average Bonchev–Trinajstić information content (AvgIpc) is 3.20. The Balaban J connectivity index is 1.56. The van der Waals surface area contributed by atoms with E-state index >= 15 is 0 Å². The summed E-state index contributed by atoms with van der Waals surface area (Å²) >= 11 is 12.0. The molecule has 1 N–H and O–H groups in total. The van der Waals surface area contributed by atoms with E-state index < -0.39 is 0 Å². The molecule has 0 spiro atoms. The maximum absolute atomic E-state index is 12.9. The van der Waals surface area contributed by atoms with Gasteiger partial charge in [0.05, 0.1) is 28.2 Å². The predicted molar refractivity (Wildman–Crippen MR) is 96.0 cm³/mol. The molecule has 3 aliphatic rings. The number of aliphatic imine (C=N–C) groups is 1. The zero-order chi connectivity index (χ0) is 16.7. The van der Waals surface area contributed by atoms with Crippen molar-refractivity contribution in [3.8, 4) is 0 Å². The molecule has 0 aliphatic carbocycles. The van der Waals surface area contributed by atoms with Crippen LogP contribution in [0.3, 0.4) is 0 Å². The number of ether oxygens (including phenoxy) is 1. The number of hydrogen-bond donors (Lipinski definition) is 1. The molecule has 4 nitrogen and oxygen atoms in total. The fourth-order valence-corrected chi connectivity index (χ4v) is 4.36. The van der Waals surface area contributed by atoms with E-state index in [9.17, 15) is 4.79 Å². The van der Waals surface area contributed by atoms with Crippen molar-refractivity contribution in [2.45, 2.75) is 31.5 Å². The van der Waals surface area contributed by atoms with Crippen LogP contribution in [0.1, 0.15) is 19.3 Å². The van der Waals surface area contributed by atoms with E-state index in [1.807, 2.05) is 6.21 Å². The summed E-state index contributed by atoms with van der Waals surface area (Å²) in [7, 11) is 0. The Morgan fingerprint density at radius 3 is 2.79 bits per heavy atom. The largest absolute Gasteiger partial charge is 0.373 e. The van der Waals surface area contributed by atoms with Gasteiger partial charge in [-0.25, -0.2) is 0 Å². The second-order valence-corrected chi connectivity index (χ2v) is 7.32. The number of anilines is 1. The molecule has 2 fully saturated rings. The van der Waals surface area contributed by atoms with Crippen molar-refractivity contribution in [3.05, 3.63) is 39.9 Å². The smallest absolute Gasteiger partial charge is 0.230 e. The Labute approximate surface area is 150 Å². The minimum absolute atomic E-state index is 0.00235. The number of nitrogens with zero attached hydrogens (tertiary/aromatic N) is 1. The highest BCUT2D eigenvalue weighted by Gasteiger charge is 2.53. The molecule has 3 heterocycles. The Morgan fingerprint density at radius 1 is 1.21 bits per heavy atom. The molecule has 126 valence electrons. The van der Waals surface area contributed by atoms with Crippen molar-refractivity contribution >= 4 is 41.0 Å². The highest BCUT2D eigenvalue weighted by Crippen LogP contribution is 2.48. The third-order valence-electron chi connectivity index (χ3n) is 5.11. The highest BCUT2D eigenvalue weighted by atomic mass is 35.5. The van der Waals surface area contributed by atoms with E-state index in [0.29, 0.717) is 15.7 Å². The van der Waals surface area contributed by atoms with E-state index in [2.05, 4.69) is 16.4 Å². The van der Waals surface area contributed by atoms with Crippen LogP contribution in [0.4, 0.5) is 5.69 Å². The zero-order valence-electron chi connectivity index (χ0n) is 13.0. The summed E-state index contributed by atoms with van der Waals surface area (Å²) in [6.45, 7) is 0.793. The molecule has 0 unspecified atom stereocenters. The first-order valence-electron chi connectivity index (χ1n) is 8.24. The molecule has 1 aromatic rings. The average molecular weight is 365 g/mol. The molecule has 1 amide bonds. The molecule has 2 saturated heterocycles. The van der Waals surface area contributed by atoms with Gasteiger partial charge in [-0.05, 0) is 43.5 Å². The SMILES string of the molecule is O=C(Nc1ccc(Cl)c(Cl)c1)[C@@H]1[C@@H](C2=CC=NCC2)[C@@H]2CC[C@H]1O2. The Bertz CT molecular complexity index is 732. The number of halogens is 2. The molecule has 6 heteroatoms. The lowest BCUT2D eigenvalue weighted by Gasteiger charge is -2.29. The minimum Gasteiger partial charge on any atom is -0.373 e. The summed E-state index contributed by atoms with van der Waals surface area (Å²) in [5, 5.41) is 3.89. The van der Waals surface area contributed by atoms with Gasteiger partial charge in [-0.15, -0.1) is 0 Å². The van der Waals surface area contributed by atoms with E-state index in [-0.39, 0.29) is 30.0 Å². The topological polar surface area (TPSA) is 50.7 Å². The lowest BCUT2D eigenvalue weighted by atomic mass is 9.73. The maximum Gasteiger partial charge on any atom is 0.230 e. The molecule has 0 aromatic heterocycles. The minimum atomic E-state index is -0.157. The number of rotatable bonds is 3. The van der Waals surface area contributed by atoms with Crippen molar-refractivity contribution in [2.24, 2.45) is 16.8 Å². The van der Waals surface area contributed by atoms with Gasteiger partial charge in [0.1, 0.15) is 0 Å². The quantitative estimate of drug-likeness (QED) is 0.876. The molecule has 4 atom stereocenters. The van der Waals surface area contributed by atoms with Crippen LogP contribution in [0.25, 0.3) is 0 Å². The van der Waals surface area contributed by atoms with E-state index in [0.717, 1.165) is 25.8 Å². The molecule has 24 heavy (non-hydrogen) atoms. The maximum atomic E-state index is 12.9. The van der Waals surface area contributed by atoms with Crippen LogP contribution < -0.4 is 5.32 Å². The van der Waals surface area contributed by atoms with E-state index in [4.69, 9.17) is 27.9 Å². The van der Waals surface area contributed by atoms with Crippen molar-refractivity contribution in [3.63, 3.8) is 0 Å². The summed E-state index contributed by atoms with van der Waals surface area (Å²) in [6.07, 6.45) is 6.93. The number of benzene rings is 1. The van der Waals surface area contributed by atoms with Crippen molar-refractivity contribution in [2.75, 3.05) is 11.9 Å². The third-order valence-corrected chi connectivity index (χ3v) is 5.85. The van der Waals surface area contributed by atoms with E-state index in [1.165, 1.54) is 5.57 Å². The molecule has 0 radical (unpaired) electrons. The number of amides is 1. The van der Waals surface area contributed by atoms with Gasteiger partial charge in [-0.1, -0.05) is 28.8 Å². The van der Waals surface area contributed by atoms with Crippen molar-refractivity contribution in [1.29, 1.82) is 0 Å². The number of carbonyl (C=O) groups is 1. The van der Waals surface area contributed by atoms with Crippen molar-refractivity contribution < 1.29 is 9.53 Å². The number of nitrogens with one attached hydrogen (secondary N) is 1. The Morgan fingerprint density at radius 2 is 2.04 bits per heavy atom. The van der Waals surface area contributed by atoms with Gasteiger partial charge in [-0.2, -0.15) is 0 Å². The zero-order valence-corrected chi connectivity index (χ0v) is 14.6. The van der Waals surface area contributed by atoms with Gasteiger partial charge >= 0.3 is 0 Å². The van der Waals surface area contributed by atoms with Crippen LogP contribution in [0, 0.1) is 11.8 Å². The van der Waals surface area contributed by atoms with Crippen LogP contribution in [0.2, 0.25) is 10.0 Å². The predicted octanol–water partition coefficient (Wildman–Crippen LogP) is 4.13. The van der Waals surface area contributed by atoms with Crippen LogP contribution in [-0.2, 0) is 9.53 Å². The van der Waals surface area contributed by atoms with Crippen molar-refractivity contribution in [1.82, 2.24) is 0 Å². The van der Waals surface area contributed by atoms with Crippen LogP contribution in [0.15, 0.2) is 34.8 Å². The molecular formula is C18H18Cl2N2O2. The summed E-state index contributed by atoms with van der Waals surface area (Å²) in [5.41, 5.74) is 1.95. The number of carbonyl (C=O) groups excluding carboxylic acids is 1. The number of allylic oxidation sites excluding steroid dienone is 1. The first kappa shape index (κ1) is 16.1. The van der Waals surface area contributed by atoms with Crippen LogP contribution in [0.5, 0.6) is 0 Å². The van der Waals surface area contributed by atoms with Gasteiger partial charge < -0.3 is 10.1 Å². The number of dihydropyridines is 1. The van der Waals surface area contributed by atoms with E-state index in [1.54, 1.807) is 18.2 Å².